The molecule has 1 aromatic heterocycles. The summed E-state index contributed by atoms with van der Waals surface area (Å²) in [5.41, 5.74) is 0. The van der Waals surface area contributed by atoms with Crippen molar-refractivity contribution in [3.05, 3.63) is 23.1 Å². The zero-order valence-electron chi connectivity index (χ0n) is 6.42. The summed E-state index contributed by atoms with van der Waals surface area (Å²) >= 11 is 5.52. The molecule has 0 fully saturated rings. The molecule has 0 radical (unpaired) electrons. The summed E-state index contributed by atoms with van der Waals surface area (Å²) in [6, 6.07) is 3.40. The monoisotopic (exact) mass is 188 g/mol. The van der Waals surface area contributed by atoms with Crippen molar-refractivity contribution in [3.63, 3.8) is 0 Å². The maximum atomic E-state index is 10.1. The lowest BCUT2D eigenvalue weighted by Crippen LogP contribution is -1.94. The van der Waals surface area contributed by atoms with Gasteiger partial charge in [0, 0.05) is 12.8 Å². The van der Waals surface area contributed by atoms with Gasteiger partial charge in [-0.25, -0.2) is 0 Å². The van der Waals surface area contributed by atoms with Crippen LogP contribution in [-0.2, 0) is 11.2 Å². The molecule has 0 saturated carbocycles. The van der Waals surface area contributed by atoms with E-state index in [0.29, 0.717) is 18.1 Å². The van der Waals surface area contributed by atoms with Gasteiger partial charge in [-0.15, -0.1) is 0 Å². The summed E-state index contributed by atoms with van der Waals surface area (Å²) < 4.78 is 5.04. The molecular formula is C8H9ClO3. The largest absolute Gasteiger partial charge is 0.481 e. The predicted molar refractivity (Wildman–Crippen MR) is 44.3 cm³/mol. The molecule has 1 aromatic rings. The van der Waals surface area contributed by atoms with Gasteiger partial charge in [-0.3, -0.25) is 4.79 Å². The van der Waals surface area contributed by atoms with E-state index in [1.165, 1.54) is 0 Å². The minimum atomic E-state index is -0.785. The number of hydrogen-bond donors (Lipinski definition) is 1. The van der Waals surface area contributed by atoms with Crippen LogP contribution in [-0.4, -0.2) is 11.1 Å². The van der Waals surface area contributed by atoms with Crippen molar-refractivity contribution in [2.45, 2.75) is 19.3 Å². The first-order valence-electron chi connectivity index (χ1n) is 3.64. The van der Waals surface area contributed by atoms with E-state index >= 15 is 0 Å². The molecule has 12 heavy (non-hydrogen) atoms. The molecule has 0 amide bonds. The third-order valence-corrected chi connectivity index (χ3v) is 1.65. The number of aliphatic carboxylic acids is 1. The van der Waals surface area contributed by atoms with Crippen molar-refractivity contribution in [2.75, 3.05) is 0 Å². The van der Waals surface area contributed by atoms with Gasteiger partial charge in [0.25, 0.3) is 0 Å². The highest BCUT2D eigenvalue weighted by Crippen LogP contribution is 2.14. The molecule has 0 aliphatic heterocycles. The molecule has 4 heteroatoms. The van der Waals surface area contributed by atoms with E-state index in [1.807, 2.05) is 0 Å². The molecule has 66 valence electrons. The summed E-state index contributed by atoms with van der Waals surface area (Å²) in [5, 5.41) is 8.69. The van der Waals surface area contributed by atoms with Gasteiger partial charge in [0.1, 0.15) is 5.76 Å². The number of carboxylic acids is 1. The van der Waals surface area contributed by atoms with E-state index in [1.54, 1.807) is 12.1 Å². The van der Waals surface area contributed by atoms with E-state index in [-0.39, 0.29) is 6.42 Å². The zero-order chi connectivity index (χ0) is 8.97. The van der Waals surface area contributed by atoms with E-state index in [4.69, 9.17) is 21.1 Å². The molecule has 1 heterocycles. The minimum Gasteiger partial charge on any atom is -0.481 e. The zero-order valence-corrected chi connectivity index (χ0v) is 7.17. The molecule has 0 saturated heterocycles. The van der Waals surface area contributed by atoms with Crippen molar-refractivity contribution >= 4 is 17.6 Å². The van der Waals surface area contributed by atoms with Crippen LogP contribution in [0.25, 0.3) is 0 Å². The van der Waals surface area contributed by atoms with Crippen molar-refractivity contribution in [1.29, 1.82) is 0 Å². The van der Waals surface area contributed by atoms with Gasteiger partial charge in [-0.1, -0.05) is 0 Å². The Morgan fingerprint density at radius 3 is 2.83 bits per heavy atom. The Morgan fingerprint density at radius 2 is 2.33 bits per heavy atom. The quantitative estimate of drug-likeness (QED) is 0.789. The smallest absolute Gasteiger partial charge is 0.303 e. The van der Waals surface area contributed by atoms with E-state index in [0.717, 1.165) is 5.76 Å². The highest BCUT2D eigenvalue weighted by molar-refractivity contribution is 6.28. The van der Waals surface area contributed by atoms with Gasteiger partial charge in [-0.2, -0.15) is 0 Å². The Balaban J connectivity index is 2.29. The summed E-state index contributed by atoms with van der Waals surface area (Å²) in [6.45, 7) is 0. The third-order valence-electron chi connectivity index (χ3n) is 1.44. The fraction of sp³-hybridized carbons (Fsp3) is 0.375. The van der Waals surface area contributed by atoms with E-state index in [9.17, 15) is 4.79 Å². The second-order valence-electron chi connectivity index (χ2n) is 2.45. The number of furan rings is 1. The first kappa shape index (κ1) is 9.13. The Labute approximate surface area is 74.9 Å². The summed E-state index contributed by atoms with van der Waals surface area (Å²) in [4.78, 5) is 10.1. The maximum absolute atomic E-state index is 10.1. The van der Waals surface area contributed by atoms with Gasteiger partial charge in [0.15, 0.2) is 5.22 Å². The molecule has 3 nitrogen and oxygen atoms in total. The molecule has 0 aliphatic carbocycles. The lowest BCUT2D eigenvalue weighted by atomic mass is 10.2. The average molecular weight is 189 g/mol. The molecule has 0 spiro atoms. The van der Waals surface area contributed by atoms with Gasteiger partial charge in [0.2, 0.25) is 0 Å². The molecule has 0 aromatic carbocycles. The molecule has 0 aliphatic rings. The number of halogens is 1. The van der Waals surface area contributed by atoms with E-state index in [2.05, 4.69) is 0 Å². The highest BCUT2D eigenvalue weighted by Gasteiger charge is 2.01. The van der Waals surface area contributed by atoms with Crippen LogP contribution in [0.3, 0.4) is 0 Å². The lowest BCUT2D eigenvalue weighted by molar-refractivity contribution is -0.137. The van der Waals surface area contributed by atoms with Gasteiger partial charge in [0.05, 0.1) is 0 Å². The Kier molecular flexibility index (Phi) is 3.17. The Hall–Kier alpha value is -0.960. The van der Waals surface area contributed by atoms with Crippen LogP contribution in [0.5, 0.6) is 0 Å². The van der Waals surface area contributed by atoms with Crippen LogP contribution >= 0.6 is 11.6 Å². The standard InChI is InChI=1S/C8H9ClO3/c9-7-5-4-6(12-7)2-1-3-8(10)11/h4-5H,1-3H2,(H,10,11). The molecule has 0 atom stereocenters. The van der Waals surface area contributed by atoms with Crippen LogP contribution in [0.2, 0.25) is 5.22 Å². The molecule has 0 bridgehead atoms. The first-order chi connectivity index (χ1) is 5.68. The highest BCUT2D eigenvalue weighted by atomic mass is 35.5. The number of hydrogen-bond acceptors (Lipinski definition) is 2. The maximum Gasteiger partial charge on any atom is 0.303 e. The third kappa shape index (κ3) is 2.96. The van der Waals surface area contributed by atoms with Crippen molar-refractivity contribution < 1.29 is 14.3 Å². The second kappa shape index (κ2) is 4.16. The molecule has 1 N–H and O–H groups in total. The predicted octanol–water partition coefficient (Wildman–Crippen LogP) is 2.34. The average Bonchev–Trinajstić information content (AvgIpc) is 2.35. The fourth-order valence-corrected chi connectivity index (χ4v) is 1.06. The normalized spacial score (nSPS) is 10.1. The van der Waals surface area contributed by atoms with Crippen molar-refractivity contribution in [2.24, 2.45) is 0 Å². The van der Waals surface area contributed by atoms with Crippen molar-refractivity contribution in [3.8, 4) is 0 Å². The van der Waals surface area contributed by atoms with Gasteiger partial charge in [-0.05, 0) is 30.2 Å². The molecule has 1 rings (SSSR count). The summed E-state index contributed by atoms with van der Waals surface area (Å²) in [7, 11) is 0. The van der Waals surface area contributed by atoms with Crippen LogP contribution in [0.1, 0.15) is 18.6 Å². The van der Waals surface area contributed by atoms with Crippen LogP contribution in [0, 0.1) is 0 Å². The first-order valence-corrected chi connectivity index (χ1v) is 4.02. The number of aryl methyl sites for hydroxylation is 1. The number of carboxylic acid groups (broad SMARTS) is 1. The minimum absolute atomic E-state index is 0.165. The van der Waals surface area contributed by atoms with Crippen LogP contribution in [0.15, 0.2) is 16.5 Å². The molecule has 0 unspecified atom stereocenters. The van der Waals surface area contributed by atoms with Crippen molar-refractivity contribution in [1.82, 2.24) is 0 Å². The second-order valence-corrected chi connectivity index (χ2v) is 2.83. The summed E-state index contributed by atoms with van der Waals surface area (Å²) in [5.74, 6) is -0.0473. The van der Waals surface area contributed by atoms with Crippen LogP contribution < -0.4 is 0 Å². The van der Waals surface area contributed by atoms with Gasteiger partial charge >= 0.3 is 5.97 Å². The van der Waals surface area contributed by atoms with E-state index < -0.39 is 5.97 Å². The Morgan fingerprint density at radius 1 is 1.58 bits per heavy atom. The number of rotatable bonds is 4. The SMILES string of the molecule is O=C(O)CCCc1ccc(Cl)o1. The lowest BCUT2D eigenvalue weighted by Gasteiger charge is -1.92. The fourth-order valence-electron chi connectivity index (χ4n) is 0.900. The topological polar surface area (TPSA) is 50.4 Å². The molecular weight excluding hydrogens is 180 g/mol. The van der Waals surface area contributed by atoms with Crippen LogP contribution in [0.4, 0.5) is 0 Å². The van der Waals surface area contributed by atoms with Gasteiger partial charge < -0.3 is 9.52 Å². The summed E-state index contributed by atoms with van der Waals surface area (Å²) in [6.07, 6.45) is 1.37. The number of carbonyl (C=O) groups is 1. The Bertz CT molecular complexity index is 267.